The number of hydrogen-bond acceptors (Lipinski definition) is 2. The monoisotopic (exact) mass is 402 g/mol. The molecule has 0 unspecified atom stereocenters. The highest BCUT2D eigenvalue weighted by atomic mass is 19.3. The van der Waals surface area contributed by atoms with Crippen molar-refractivity contribution in [2.45, 2.75) is 51.0 Å². The number of nitrogens with one attached hydrogen (secondary N) is 2. The van der Waals surface area contributed by atoms with Gasteiger partial charge in [-0.2, -0.15) is 5.10 Å². The molecule has 2 aliphatic rings. The van der Waals surface area contributed by atoms with Gasteiger partial charge in [0.05, 0.1) is 5.69 Å². The minimum Gasteiger partial charge on any atom is -0.350 e. The molecule has 1 aliphatic carbocycles. The van der Waals surface area contributed by atoms with Crippen LogP contribution in [0.4, 0.5) is 13.2 Å². The van der Waals surface area contributed by atoms with E-state index in [-0.39, 0.29) is 22.5 Å². The number of aromatic nitrogens is 3. The molecule has 29 heavy (non-hydrogen) atoms. The van der Waals surface area contributed by atoms with Crippen LogP contribution < -0.4 is 0 Å². The SMILES string of the molecule is CC(F)(F)c1cc(F)cc2[nH]c(C(=O)N3CCc4[nH]nc(C5CCC5)c4C3)cc12. The van der Waals surface area contributed by atoms with Crippen LogP contribution in [-0.2, 0) is 18.9 Å². The second kappa shape index (κ2) is 6.37. The molecule has 1 aromatic carbocycles. The first-order valence-corrected chi connectivity index (χ1v) is 9.87. The molecule has 5 nitrogen and oxygen atoms in total. The van der Waals surface area contributed by atoms with Crippen LogP contribution in [0.2, 0.25) is 0 Å². The standard InChI is InChI=1S/C21H21F3N4O/c1-21(23,24)15-7-12(22)8-17-13(15)9-18(25-17)20(29)28-6-5-16-14(10-28)19(27-26-16)11-3-2-4-11/h7-9,11,25H,2-6,10H2,1H3,(H,26,27). The second-order valence-electron chi connectivity index (χ2n) is 8.16. The molecule has 0 bridgehead atoms. The predicted molar refractivity (Wildman–Crippen MR) is 101 cm³/mol. The molecular formula is C21H21F3N4O. The second-order valence-corrected chi connectivity index (χ2v) is 8.16. The maximum atomic E-state index is 13.9. The molecule has 8 heteroatoms. The number of aromatic amines is 2. The summed E-state index contributed by atoms with van der Waals surface area (Å²) in [7, 11) is 0. The van der Waals surface area contributed by atoms with Gasteiger partial charge in [0, 0.05) is 60.1 Å². The third-order valence-electron chi connectivity index (χ3n) is 6.15. The van der Waals surface area contributed by atoms with E-state index in [0.717, 1.165) is 48.8 Å². The number of alkyl halides is 2. The molecule has 0 radical (unpaired) electrons. The van der Waals surface area contributed by atoms with Crippen LogP contribution >= 0.6 is 0 Å². The van der Waals surface area contributed by atoms with Gasteiger partial charge in [0.25, 0.3) is 11.8 Å². The summed E-state index contributed by atoms with van der Waals surface area (Å²) in [6.45, 7) is 1.68. The number of nitrogens with zero attached hydrogens (tertiary/aromatic N) is 2. The zero-order valence-electron chi connectivity index (χ0n) is 16.0. The van der Waals surface area contributed by atoms with E-state index in [1.165, 1.54) is 12.5 Å². The van der Waals surface area contributed by atoms with Crippen molar-refractivity contribution >= 4 is 16.8 Å². The number of benzene rings is 1. The Bertz CT molecular complexity index is 1110. The molecule has 0 atom stereocenters. The van der Waals surface area contributed by atoms with Crippen molar-refractivity contribution < 1.29 is 18.0 Å². The van der Waals surface area contributed by atoms with Crippen molar-refractivity contribution in [1.29, 1.82) is 0 Å². The summed E-state index contributed by atoms with van der Waals surface area (Å²) in [5, 5.41) is 7.74. The highest BCUT2D eigenvalue weighted by Crippen LogP contribution is 2.39. The fourth-order valence-corrected chi connectivity index (χ4v) is 4.36. The van der Waals surface area contributed by atoms with Gasteiger partial charge in [0.2, 0.25) is 0 Å². The van der Waals surface area contributed by atoms with E-state index in [0.29, 0.717) is 25.4 Å². The minimum absolute atomic E-state index is 0.165. The van der Waals surface area contributed by atoms with Gasteiger partial charge in [-0.05, 0) is 31.0 Å². The van der Waals surface area contributed by atoms with Gasteiger partial charge in [0.15, 0.2) is 0 Å². The van der Waals surface area contributed by atoms with Gasteiger partial charge in [-0.3, -0.25) is 9.89 Å². The molecule has 0 saturated heterocycles. The summed E-state index contributed by atoms with van der Waals surface area (Å²) < 4.78 is 41.7. The number of amides is 1. The van der Waals surface area contributed by atoms with Gasteiger partial charge in [-0.1, -0.05) is 6.42 Å². The summed E-state index contributed by atoms with van der Waals surface area (Å²) in [6, 6.07) is 3.37. The third kappa shape index (κ3) is 3.01. The Labute approximate surface area is 165 Å². The average molecular weight is 402 g/mol. The molecule has 152 valence electrons. The van der Waals surface area contributed by atoms with Gasteiger partial charge in [-0.25, -0.2) is 13.2 Å². The molecule has 3 aromatic rings. The first-order chi connectivity index (χ1) is 13.8. The minimum atomic E-state index is -3.21. The first-order valence-electron chi connectivity index (χ1n) is 9.87. The van der Waals surface area contributed by atoms with E-state index in [4.69, 9.17) is 0 Å². The Morgan fingerprint density at radius 2 is 2.07 bits per heavy atom. The molecule has 1 saturated carbocycles. The average Bonchev–Trinajstić information content (AvgIpc) is 3.22. The molecule has 1 amide bonds. The first kappa shape index (κ1) is 18.3. The lowest BCUT2D eigenvalue weighted by Gasteiger charge is -2.30. The number of H-pyrrole nitrogens is 2. The normalized spacial score (nSPS) is 17.4. The zero-order valence-corrected chi connectivity index (χ0v) is 16.0. The van der Waals surface area contributed by atoms with Gasteiger partial charge in [-0.15, -0.1) is 0 Å². The topological polar surface area (TPSA) is 64.8 Å². The summed E-state index contributed by atoms with van der Waals surface area (Å²) in [4.78, 5) is 17.6. The zero-order chi connectivity index (χ0) is 20.3. The van der Waals surface area contributed by atoms with E-state index in [2.05, 4.69) is 15.2 Å². The molecule has 3 heterocycles. The molecule has 1 aliphatic heterocycles. The van der Waals surface area contributed by atoms with E-state index >= 15 is 0 Å². The van der Waals surface area contributed by atoms with Crippen LogP contribution in [0.3, 0.4) is 0 Å². The highest BCUT2D eigenvalue weighted by Gasteiger charge is 2.33. The fraction of sp³-hybridized carbons (Fsp3) is 0.429. The number of rotatable bonds is 3. The van der Waals surface area contributed by atoms with E-state index < -0.39 is 17.3 Å². The highest BCUT2D eigenvalue weighted by molar-refractivity contribution is 5.99. The molecule has 0 spiro atoms. The van der Waals surface area contributed by atoms with Crippen LogP contribution in [0.15, 0.2) is 18.2 Å². The van der Waals surface area contributed by atoms with Crippen molar-refractivity contribution in [3.8, 4) is 0 Å². The smallest absolute Gasteiger partial charge is 0.271 e. The lowest BCUT2D eigenvalue weighted by Crippen LogP contribution is -2.36. The molecule has 2 N–H and O–H groups in total. The summed E-state index contributed by atoms with van der Waals surface area (Å²) >= 11 is 0. The van der Waals surface area contributed by atoms with Crippen molar-refractivity contribution in [3.63, 3.8) is 0 Å². The van der Waals surface area contributed by atoms with Crippen LogP contribution in [0, 0.1) is 5.82 Å². The van der Waals surface area contributed by atoms with Crippen molar-refractivity contribution in [1.82, 2.24) is 20.1 Å². The van der Waals surface area contributed by atoms with E-state index in [1.807, 2.05) is 0 Å². The molecule has 5 rings (SSSR count). The summed E-state index contributed by atoms with van der Waals surface area (Å²) in [5.41, 5.74) is 3.16. The van der Waals surface area contributed by atoms with Crippen molar-refractivity contribution in [2.75, 3.05) is 6.54 Å². The summed E-state index contributed by atoms with van der Waals surface area (Å²) in [6.07, 6.45) is 4.11. The lowest BCUT2D eigenvalue weighted by atomic mass is 9.81. The Morgan fingerprint density at radius 3 is 2.76 bits per heavy atom. The van der Waals surface area contributed by atoms with Crippen LogP contribution in [0.25, 0.3) is 10.9 Å². The summed E-state index contributed by atoms with van der Waals surface area (Å²) in [5.74, 6) is -3.80. The quantitative estimate of drug-likeness (QED) is 0.672. The predicted octanol–water partition coefficient (Wildman–Crippen LogP) is 4.61. The molecule has 2 aromatic heterocycles. The van der Waals surface area contributed by atoms with E-state index in [1.54, 1.807) is 4.90 Å². The number of halogens is 3. The lowest BCUT2D eigenvalue weighted by molar-refractivity contribution is 0.0188. The van der Waals surface area contributed by atoms with Gasteiger partial charge in [0.1, 0.15) is 11.5 Å². The van der Waals surface area contributed by atoms with Crippen molar-refractivity contribution in [2.24, 2.45) is 0 Å². The Kier molecular flexibility index (Phi) is 4.01. The number of carbonyl (C=O) groups is 1. The Balaban J connectivity index is 1.47. The van der Waals surface area contributed by atoms with Crippen LogP contribution in [-0.4, -0.2) is 32.5 Å². The molecule has 1 fully saturated rings. The number of fused-ring (bicyclic) bond motifs is 2. The van der Waals surface area contributed by atoms with Crippen LogP contribution in [0.1, 0.15) is 65.1 Å². The maximum Gasteiger partial charge on any atom is 0.271 e. The van der Waals surface area contributed by atoms with Gasteiger partial charge >= 0.3 is 0 Å². The van der Waals surface area contributed by atoms with E-state index in [9.17, 15) is 18.0 Å². The van der Waals surface area contributed by atoms with Gasteiger partial charge < -0.3 is 9.88 Å². The Hall–Kier alpha value is -2.77. The maximum absolute atomic E-state index is 13.9. The third-order valence-corrected chi connectivity index (χ3v) is 6.15. The molecular weight excluding hydrogens is 381 g/mol. The van der Waals surface area contributed by atoms with Crippen molar-refractivity contribution in [3.05, 3.63) is 52.2 Å². The Morgan fingerprint density at radius 1 is 1.28 bits per heavy atom. The number of carbonyl (C=O) groups excluding carboxylic acids is 1. The fourth-order valence-electron chi connectivity index (χ4n) is 4.36. The van der Waals surface area contributed by atoms with Crippen LogP contribution in [0.5, 0.6) is 0 Å². The number of hydrogen-bond donors (Lipinski definition) is 2. The largest absolute Gasteiger partial charge is 0.350 e.